The molecule has 27 heavy (non-hydrogen) atoms. The van der Waals surface area contributed by atoms with Crippen molar-refractivity contribution in [2.75, 3.05) is 19.6 Å². The number of hydrogen-bond acceptors (Lipinski definition) is 4. The van der Waals surface area contributed by atoms with Crippen LogP contribution in [0.2, 0.25) is 0 Å². The minimum Gasteiger partial charge on any atom is -0.444 e. The summed E-state index contributed by atoms with van der Waals surface area (Å²) in [6.07, 6.45) is 5.15. The third-order valence-corrected chi connectivity index (χ3v) is 5.52. The maximum Gasteiger partial charge on any atom is 0.410 e. The monoisotopic (exact) mass is 381 g/mol. The van der Waals surface area contributed by atoms with Crippen molar-refractivity contribution in [1.29, 1.82) is 0 Å². The molecular formula is C20H35N3O4. The molecule has 0 aromatic rings. The average Bonchev–Trinajstić information content (AvgIpc) is 2.58. The molecule has 0 radical (unpaired) electrons. The zero-order chi connectivity index (χ0) is 20.2. The van der Waals surface area contributed by atoms with E-state index < -0.39 is 11.5 Å². The highest BCUT2D eigenvalue weighted by atomic mass is 16.6. The maximum absolute atomic E-state index is 13.2. The highest BCUT2D eigenvalue weighted by molar-refractivity contribution is 5.85. The quantitative estimate of drug-likeness (QED) is 0.810. The first kappa shape index (κ1) is 21.5. The van der Waals surface area contributed by atoms with Crippen LogP contribution < -0.4 is 5.73 Å². The number of hydrogen-bond donors (Lipinski definition) is 1. The second-order valence-corrected chi connectivity index (χ2v) is 8.98. The molecule has 3 amide bonds. The topological polar surface area (TPSA) is 92.9 Å². The van der Waals surface area contributed by atoms with Gasteiger partial charge in [0.25, 0.3) is 0 Å². The predicted molar refractivity (Wildman–Crippen MR) is 103 cm³/mol. The van der Waals surface area contributed by atoms with Crippen LogP contribution in [0.5, 0.6) is 0 Å². The van der Waals surface area contributed by atoms with Gasteiger partial charge in [-0.3, -0.25) is 9.59 Å². The lowest BCUT2D eigenvalue weighted by Gasteiger charge is -2.42. The van der Waals surface area contributed by atoms with E-state index in [9.17, 15) is 14.4 Å². The largest absolute Gasteiger partial charge is 0.444 e. The van der Waals surface area contributed by atoms with Gasteiger partial charge in [-0.15, -0.1) is 0 Å². The number of carbonyl (C=O) groups is 3. The number of primary amides is 1. The molecule has 0 aromatic carbocycles. The molecule has 2 aliphatic rings. The number of piperazine rings is 1. The lowest BCUT2D eigenvalue weighted by molar-refractivity contribution is -0.143. The third kappa shape index (κ3) is 6.11. The number of nitrogens with two attached hydrogens (primary N) is 1. The van der Waals surface area contributed by atoms with Gasteiger partial charge in [0.05, 0.1) is 0 Å². The van der Waals surface area contributed by atoms with Gasteiger partial charge in [-0.1, -0.05) is 19.3 Å². The number of carbonyl (C=O) groups excluding carboxylic acids is 3. The summed E-state index contributed by atoms with van der Waals surface area (Å²) >= 11 is 0. The summed E-state index contributed by atoms with van der Waals surface area (Å²) in [5, 5.41) is 0. The van der Waals surface area contributed by atoms with E-state index in [-0.39, 0.29) is 36.3 Å². The van der Waals surface area contributed by atoms with E-state index in [0.29, 0.717) is 19.6 Å². The van der Waals surface area contributed by atoms with Crippen molar-refractivity contribution in [3.8, 4) is 0 Å². The molecule has 1 saturated heterocycles. The summed E-state index contributed by atoms with van der Waals surface area (Å²) in [7, 11) is 0. The first-order valence-electron chi connectivity index (χ1n) is 10.1. The molecule has 7 nitrogen and oxygen atoms in total. The summed E-state index contributed by atoms with van der Waals surface area (Å²) in [4.78, 5) is 40.6. The predicted octanol–water partition coefficient (Wildman–Crippen LogP) is 2.53. The molecule has 0 bridgehead atoms. The Morgan fingerprint density at radius 1 is 1.11 bits per heavy atom. The fourth-order valence-electron chi connectivity index (χ4n) is 4.19. The third-order valence-electron chi connectivity index (χ3n) is 5.52. The minimum atomic E-state index is -0.544. The highest BCUT2D eigenvalue weighted by Crippen LogP contribution is 2.33. The van der Waals surface area contributed by atoms with Crippen molar-refractivity contribution in [2.24, 2.45) is 17.6 Å². The first-order chi connectivity index (χ1) is 12.6. The second-order valence-electron chi connectivity index (χ2n) is 8.98. The summed E-state index contributed by atoms with van der Waals surface area (Å²) in [5.74, 6) is -0.503. The smallest absolute Gasteiger partial charge is 0.410 e. The molecular weight excluding hydrogens is 346 g/mol. The number of ether oxygens (including phenoxy) is 1. The van der Waals surface area contributed by atoms with Gasteiger partial charge in [-0.2, -0.15) is 0 Å². The van der Waals surface area contributed by atoms with E-state index in [1.54, 1.807) is 9.80 Å². The van der Waals surface area contributed by atoms with Crippen molar-refractivity contribution in [1.82, 2.24) is 9.80 Å². The maximum atomic E-state index is 13.2. The SMILES string of the molecule is C[C@H]1CN(C(=O)[C@@H](CC(N)=O)C2CCCCC2)CCN1C(=O)OC(C)(C)C. The van der Waals surface area contributed by atoms with Crippen LogP contribution in [0.25, 0.3) is 0 Å². The molecule has 2 fully saturated rings. The Kier molecular flexibility index (Phi) is 7.12. The van der Waals surface area contributed by atoms with Crippen LogP contribution in [0.3, 0.4) is 0 Å². The Morgan fingerprint density at radius 3 is 2.26 bits per heavy atom. The van der Waals surface area contributed by atoms with E-state index in [1.165, 1.54) is 6.42 Å². The van der Waals surface area contributed by atoms with Crippen LogP contribution in [0.1, 0.15) is 66.2 Å². The molecule has 2 N–H and O–H groups in total. The zero-order valence-corrected chi connectivity index (χ0v) is 17.2. The molecule has 7 heteroatoms. The standard InChI is InChI=1S/C20H35N3O4/c1-14-13-22(10-11-23(14)19(26)27-20(2,3)4)18(25)16(12-17(21)24)15-8-6-5-7-9-15/h14-16H,5-13H2,1-4H3,(H2,21,24)/t14-,16-/m0/s1. The van der Waals surface area contributed by atoms with Crippen molar-refractivity contribution >= 4 is 17.9 Å². The van der Waals surface area contributed by atoms with Gasteiger partial charge in [-0.05, 0) is 46.5 Å². The zero-order valence-electron chi connectivity index (χ0n) is 17.2. The summed E-state index contributed by atoms with van der Waals surface area (Å²) < 4.78 is 5.46. The molecule has 0 spiro atoms. The van der Waals surface area contributed by atoms with Gasteiger partial charge in [0.2, 0.25) is 11.8 Å². The lowest BCUT2D eigenvalue weighted by Crippen LogP contribution is -2.57. The molecule has 154 valence electrons. The molecule has 1 aliphatic carbocycles. The molecule has 2 atom stereocenters. The van der Waals surface area contributed by atoms with Gasteiger partial charge in [-0.25, -0.2) is 4.79 Å². The van der Waals surface area contributed by atoms with Crippen LogP contribution in [0.4, 0.5) is 4.79 Å². The van der Waals surface area contributed by atoms with Crippen molar-refractivity contribution < 1.29 is 19.1 Å². The normalized spacial score (nSPS) is 23.0. The summed E-state index contributed by atoms with van der Waals surface area (Å²) in [6, 6.07) is -0.127. The van der Waals surface area contributed by atoms with Gasteiger partial charge in [0.1, 0.15) is 5.60 Å². The van der Waals surface area contributed by atoms with Crippen LogP contribution in [-0.4, -0.2) is 59.0 Å². The highest BCUT2D eigenvalue weighted by Gasteiger charge is 2.38. The Balaban J connectivity index is 2.01. The van der Waals surface area contributed by atoms with E-state index >= 15 is 0 Å². The van der Waals surface area contributed by atoms with Crippen LogP contribution in [0.15, 0.2) is 0 Å². The number of amides is 3. The van der Waals surface area contributed by atoms with Crippen LogP contribution in [0, 0.1) is 11.8 Å². The fourth-order valence-corrected chi connectivity index (χ4v) is 4.19. The van der Waals surface area contributed by atoms with Crippen molar-refractivity contribution in [2.45, 2.75) is 77.9 Å². The summed E-state index contributed by atoms with van der Waals surface area (Å²) in [6.45, 7) is 8.81. The van der Waals surface area contributed by atoms with Crippen LogP contribution >= 0.6 is 0 Å². The Bertz CT molecular complexity index is 552. The lowest BCUT2D eigenvalue weighted by atomic mass is 9.77. The fraction of sp³-hybridized carbons (Fsp3) is 0.850. The second kappa shape index (κ2) is 8.93. The average molecular weight is 382 g/mol. The Hall–Kier alpha value is -1.79. The Morgan fingerprint density at radius 2 is 1.74 bits per heavy atom. The number of nitrogens with zero attached hydrogens (tertiary/aromatic N) is 2. The van der Waals surface area contributed by atoms with E-state index in [4.69, 9.17) is 10.5 Å². The van der Waals surface area contributed by atoms with E-state index in [2.05, 4.69) is 0 Å². The van der Waals surface area contributed by atoms with E-state index in [0.717, 1.165) is 25.7 Å². The van der Waals surface area contributed by atoms with Gasteiger partial charge < -0.3 is 20.3 Å². The van der Waals surface area contributed by atoms with E-state index in [1.807, 2.05) is 27.7 Å². The first-order valence-corrected chi connectivity index (χ1v) is 10.1. The van der Waals surface area contributed by atoms with Crippen molar-refractivity contribution in [3.05, 3.63) is 0 Å². The minimum absolute atomic E-state index is 0.0105. The molecule has 1 heterocycles. The molecule has 0 aromatic heterocycles. The molecule has 1 aliphatic heterocycles. The number of rotatable bonds is 4. The Labute approximate surface area is 162 Å². The van der Waals surface area contributed by atoms with Gasteiger partial charge >= 0.3 is 6.09 Å². The molecule has 1 saturated carbocycles. The molecule has 2 rings (SSSR count). The van der Waals surface area contributed by atoms with Crippen LogP contribution in [-0.2, 0) is 14.3 Å². The van der Waals surface area contributed by atoms with Crippen molar-refractivity contribution in [3.63, 3.8) is 0 Å². The van der Waals surface area contributed by atoms with Gasteiger partial charge in [0.15, 0.2) is 0 Å². The van der Waals surface area contributed by atoms with Gasteiger partial charge in [0, 0.05) is 38.0 Å². The molecule has 0 unspecified atom stereocenters. The summed E-state index contributed by atoms with van der Waals surface area (Å²) in [5.41, 5.74) is 4.89.